The molecule has 1 aliphatic rings. The minimum Gasteiger partial charge on any atom is -0.367 e. The maximum atomic E-state index is 12.7. The second-order valence-electron chi connectivity index (χ2n) is 6.31. The first-order valence-corrected chi connectivity index (χ1v) is 9.19. The van der Waals surface area contributed by atoms with Crippen LogP contribution in [-0.4, -0.2) is 48.5 Å². The SMILES string of the molecule is CCN1CCN(c2ccccc2NC(=O)c2ccc(Cl)cc2[N+](=O)[O-])CC1. The van der Waals surface area contributed by atoms with Crippen LogP contribution in [-0.2, 0) is 0 Å². The lowest BCUT2D eigenvalue weighted by molar-refractivity contribution is -0.385. The van der Waals surface area contributed by atoms with Crippen LogP contribution in [0.25, 0.3) is 0 Å². The topological polar surface area (TPSA) is 78.7 Å². The molecule has 0 saturated carbocycles. The second-order valence-corrected chi connectivity index (χ2v) is 6.75. The van der Waals surface area contributed by atoms with Gasteiger partial charge < -0.3 is 15.1 Å². The number of carbonyl (C=O) groups is 1. The van der Waals surface area contributed by atoms with Crippen LogP contribution in [0.4, 0.5) is 17.1 Å². The molecule has 8 heteroatoms. The Morgan fingerprint density at radius 2 is 1.89 bits per heavy atom. The van der Waals surface area contributed by atoms with E-state index in [0.29, 0.717) is 5.69 Å². The molecular formula is C19H21ClN4O3. The molecule has 0 aliphatic carbocycles. The van der Waals surface area contributed by atoms with E-state index in [4.69, 9.17) is 11.6 Å². The van der Waals surface area contributed by atoms with Crippen LogP contribution in [0.2, 0.25) is 5.02 Å². The van der Waals surface area contributed by atoms with Crippen molar-refractivity contribution in [2.45, 2.75) is 6.92 Å². The highest BCUT2D eigenvalue weighted by Gasteiger charge is 2.23. The normalized spacial score (nSPS) is 14.8. The second kappa shape index (κ2) is 8.37. The molecule has 142 valence electrons. The van der Waals surface area contributed by atoms with E-state index in [9.17, 15) is 14.9 Å². The van der Waals surface area contributed by atoms with Gasteiger partial charge in [0, 0.05) is 37.3 Å². The number of nitrogens with one attached hydrogen (secondary N) is 1. The van der Waals surface area contributed by atoms with Crippen molar-refractivity contribution in [1.82, 2.24) is 4.90 Å². The minimum absolute atomic E-state index is 0.0185. The summed E-state index contributed by atoms with van der Waals surface area (Å²) >= 11 is 5.83. The average molecular weight is 389 g/mol. The Morgan fingerprint density at radius 3 is 2.56 bits per heavy atom. The molecule has 7 nitrogen and oxygen atoms in total. The van der Waals surface area contributed by atoms with Crippen molar-refractivity contribution in [3.63, 3.8) is 0 Å². The van der Waals surface area contributed by atoms with Crippen molar-refractivity contribution < 1.29 is 9.72 Å². The van der Waals surface area contributed by atoms with Gasteiger partial charge in [0.2, 0.25) is 0 Å². The van der Waals surface area contributed by atoms with E-state index in [1.54, 1.807) is 6.07 Å². The molecule has 0 spiro atoms. The number of amides is 1. The van der Waals surface area contributed by atoms with Crippen LogP contribution in [0, 0.1) is 10.1 Å². The number of nitrogens with zero attached hydrogens (tertiary/aromatic N) is 3. The molecule has 1 fully saturated rings. The number of hydrogen-bond acceptors (Lipinski definition) is 5. The number of hydrogen-bond donors (Lipinski definition) is 1. The summed E-state index contributed by atoms with van der Waals surface area (Å²) in [6, 6.07) is 11.5. The van der Waals surface area contributed by atoms with Gasteiger partial charge in [-0.15, -0.1) is 0 Å². The summed E-state index contributed by atoms with van der Waals surface area (Å²) in [6.07, 6.45) is 0. The molecule has 2 aromatic carbocycles. The zero-order valence-corrected chi connectivity index (χ0v) is 15.8. The predicted octanol–water partition coefficient (Wildman–Crippen LogP) is 3.64. The smallest absolute Gasteiger partial charge is 0.283 e. The molecule has 1 aliphatic heterocycles. The Hall–Kier alpha value is -2.64. The molecule has 0 radical (unpaired) electrons. The first kappa shape index (κ1) is 19.1. The average Bonchev–Trinajstić information content (AvgIpc) is 2.68. The van der Waals surface area contributed by atoms with Gasteiger partial charge in [0.15, 0.2) is 0 Å². The maximum absolute atomic E-state index is 12.7. The molecule has 1 saturated heterocycles. The number of para-hydroxylation sites is 2. The fourth-order valence-corrected chi connectivity index (χ4v) is 3.36. The fraction of sp³-hybridized carbons (Fsp3) is 0.316. The highest BCUT2D eigenvalue weighted by atomic mass is 35.5. The Morgan fingerprint density at radius 1 is 1.19 bits per heavy atom. The molecule has 0 unspecified atom stereocenters. The third-order valence-electron chi connectivity index (χ3n) is 4.71. The molecule has 0 atom stereocenters. The summed E-state index contributed by atoms with van der Waals surface area (Å²) in [6.45, 7) is 6.81. The largest absolute Gasteiger partial charge is 0.367 e. The van der Waals surface area contributed by atoms with Crippen molar-refractivity contribution in [2.75, 3.05) is 42.9 Å². The molecule has 0 bridgehead atoms. The third-order valence-corrected chi connectivity index (χ3v) is 4.95. The van der Waals surface area contributed by atoms with Gasteiger partial charge >= 0.3 is 0 Å². The molecule has 1 N–H and O–H groups in total. The number of rotatable bonds is 5. The summed E-state index contributed by atoms with van der Waals surface area (Å²) in [5, 5.41) is 14.3. The number of piperazine rings is 1. The minimum atomic E-state index is -0.601. The van der Waals surface area contributed by atoms with Crippen molar-refractivity contribution in [1.29, 1.82) is 0 Å². The number of nitro groups is 1. The lowest BCUT2D eigenvalue weighted by Gasteiger charge is -2.36. The zero-order valence-electron chi connectivity index (χ0n) is 15.0. The lowest BCUT2D eigenvalue weighted by atomic mass is 10.1. The first-order chi connectivity index (χ1) is 13.0. The number of halogens is 1. The van der Waals surface area contributed by atoms with E-state index in [-0.39, 0.29) is 16.3 Å². The van der Waals surface area contributed by atoms with Crippen LogP contribution >= 0.6 is 11.6 Å². The van der Waals surface area contributed by atoms with Crippen molar-refractivity contribution >= 4 is 34.6 Å². The van der Waals surface area contributed by atoms with E-state index in [0.717, 1.165) is 38.4 Å². The van der Waals surface area contributed by atoms with E-state index >= 15 is 0 Å². The molecule has 27 heavy (non-hydrogen) atoms. The molecular weight excluding hydrogens is 368 g/mol. The fourth-order valence-electron chi connectivity index (χ4n) is 3.20. The van der Waals surface area contributed by atoms with Gasteiger partial charge in [0.25, 0.3) is 11.6 Å². The number of carbonyl (C=O) groups excluding carboxylic acids is 1. The monoisotopic (exact) mass is 388 g/mol. The molecule has 1 amide bonds. The number of benzene rings is 2. The van der Waals surface area contributed by atoms with Gasteiger partial charge in [-0.1, -0.05) is 30.7 Å². The Kier molecular flexibility index (Phi) is 5.93. The van der Waals surface area contributed by atoms with Crippen LogP contribution < -0.4 is 10.2 Å². The summed E-state index contributed by atoms with van der Waals surface area (Å²) in [4.78, 5) is 27.9. The number of nitro benzene ring substituents is 1. The van der Waals surface area contributed by atoms with Gasteiger partial charge in [0.1, 0.15) is 5.56 Å². The highest BCUT2D eigenvalue weighted by Crippen LogP contribution is 2.29. The standard InChI is InChI=1S/C19H21ClN4O3/c1-2-22-9-11-23(12-10-22)17-6-4-3-5-16(17)21-19(25)15-8-7-14(20)13-18(15)24(26)27/h3-8,13H,2,9-12H2,1H3,(H,21,25). The van der Waals surface area contributed by atoms with Gasteiger partial charge in [0.05, 0.1) is 16.3 Å². The van der Waals surface area contributed by atoms with E-state index in [1.807, 2.05) is 18.2 Å². The molecule has 1 heterocycles. The summed E-state index contributed by atoms with van der Waals surface area (Å²) in [5.74, 6) is -0.530. The number of likely N-dealkylation sites (N-methyl/N-ethyl adjacent to an activating group) is 1. The highest BCUT2D eigenvalue weighted by molar-refractivity contribution is 6.31. The maximum Gasteiger partial charge on any atom is 0.283 e. The van der Waals surface area contributed by atoms with Gasteiger partial charge in [-0.3, -0.25) is 14.9 Å². The molecule has 0 aromatic heterocycles. The van der Waals surface area contributed by atoms with Crippen molar-refractivity contribution in [2.24, 2.45) is 0 Å². The zero-order chi connectivity index (χ0) is 19.4. The predicted molar refractivity (Wildman–Crippen MR) is 107 cm³/mol. The third kappa shape index (κ3) is 4.37. The summed E-state index contributed by atoms with van der Waals surface area (Å²) in [5.41, 5.74) is 1.22. The Balaban J connectivity index is 1.83. The molecule has 2 aromatic rings. The van der Waals surface area contributed by atoms with Crippen LogP contribution in [0.15, 0.2) is 42.5 Å². The van der Waals surface area contributed by atoms with Crippen molar-refractivity contribution in [3.8, 4) is 0 Å². The summed E-state index contributed by atoms with van der Waals surface area (Å²) < 4.78 is 0. The quantitative estimate of drug-likeness (QED) is 0.624. The van der Waals surface area contributed by atoms with Crippen LogP contribution in [0.5, 0.6) is 0 Å². The summed E-state index contributed by atoms with van der Waals surface area (Å²) in [7, 11) is 0. The van der Waals surface area contributed by atoms with Crippen LogP contribution in [0.3, 0.4) is 0 Å². The Labute approximate surface area is 162 Å². The van der Waals surface area contributed by atoms with Gasteiger partial charge in [-0.2, -0.15) is 0 Å². The molecule has 3 rings (SSSR count). The van der Waals surface area contributed by atoms with Crippen LogP contribution in [0.1, 0.15) is 17.3 Å². The van der Waals surface area contributed by atoms with Gasteiger partial charge in [-0.05, 0) is 30.8 Å². The van der Waals surface area contributed by atoms with Crippen molar-refractivity contribution in [3.05, 3.63) is 63.2 Å². The van der Waals surface area contributed by atoms with Gasteiger partial charge in [-0.25, -0.2) is 0 Å². The lowest BCUT2D eigenvalue weighted by Crippen LogP contribution is -2.46. The first-order valence-electron chi connectivity index (χ1n) is 8.81. The Bertz CT molecular complexity index is 851. The number of anilines is 2. The van der Waals surface area contributed by atoms with E-state index < -0.39 is 10.8 Å². The van der Waals surface area contributed by atoms with E-state index in [2.05, 4.69) is 22.0 Å². The van der Waals surface area contributed by atoms with E-state index in [1.165, 1.54) is 18.2 Å².